The van der Waals surface area contributed by atoms with Crippen LogP contribution >= 0.6 is 0 Å². The number of ether oxygens (including phenoxy) is 1. The molecule has 0 unspecified atom stereocenters. The van der Waals surface area contributed by atoms with E-state index in [1.165, 1.54) is 4.90 Å². The molecule has 2 amide bonds. The number of para-hydroxylation sites is 2. The maximum Gasteiger partial charge on any atom is 0.268 e. The van der Waals surface area contributed by atoms with Crippen LogP contribution in [0.4, 0.5) is 11.4 Å². The molecule has 0 saturated heterocycles. The summed E-state index contributed by atoms with van der Waals surface area (Å²) in [6, 6.07) is 14.4. The van der Waals surface area contributed by atoms with Crippen LogP contribution in [-0.4, -0.2) is 44.7 Å². The Morgan fingerprint density at radius 3 is 2.82 bits per heavy atom. The second kappa shape index (κ2) is 7.10. The summed E-state index contributed by atoms with van der Waals surface area (Å²) in [5, 5.41) is 14.2. The Labute approximate surface area is 160 Å². The topological polar surface area (TPSA) is 102 Å². The number of carbonyl (C=O) groups is 2. The number of benzene rings is 2. The number of rotatable bonds is 4. The predicted octanol–water partition coefficient (Wildman–Crippen LogP) is 1.63. The van der Waals surface area contributed by atoms with E-state index in [0.717, 1.165) is 5.56 Å². The van der Waals surface area contributed by atoms with Gasteiger partial charge < -0.3 is 10.1 Å². The summed E-state index contributed by atoms with van der Waals surface area (Å²) in [6.45, 7) is 1.56. The summed E-state index contributed by atoms with van der Waals surface area (Å²) in [5.74, 6) is 0.597. The van der Waals surface area contributed by atoms with Crippen LogP contribution in [-0.2, 0) is 16.6 Å². The minimum absolute atomic E-state index is 0.112. The average molecular weight is 378 g/mol. The molecule has 3 aromatic rings. The standard InChI is InChI=1S/C19H18N6O3/c1-12-19(27)25(15-8-3-4-9-16(15)28-12)11-17(26)20-14-7-5-6-13(10-14)18-21-22-23-24(18)2/h3-10,12H,11H2,1-2H3,(H,20,26)/t12-/m1/s1. The molecule has 2 aromatic carbocycles. The third-order valence-corrected chi connectivity index (χ3v) is 4.40. The molecule has 1 aromatic heterocycles. The van der Waals surface area contributed by atoms with E-state index in [1.54, 1.807) is 55.1 Å². The average Bonchev–Trinajstić information content (AvgIpc) is 3.11. The van der Waals surface area contributed by atoms with E-state index in [0.29, 0.717) is 22.9 Å². The van der Waals surface area contributed by atoms with Crippen molar-refractivity contribution in [2.45, 2.75) is 13.0 Å². The van der Waals surface area contributed by atoms with Crippen molar-refractivity contribution in [3.63, 3.8) is 0 Å². The van der Waals surface area contributed by atoms with Crippen molar-refractivity contribution in [3.8, 4) is 17.1 Å². The highest BCUT2D eigenvalue weighted by atomic mass is 16.5. The number of hydrogen-bond donors (Lipinski definition) is 1. The highest BCUT2D eigenvalue weighted by Gasteiger charge is 2.32. The first kappa shape index (κ1) is 17.7. The SMILES string of the molecule is C[C@H]1Oc2ccccc2N(CC(=O)Nc2cccc(-c3nnnn3C)c2)C1=O. The first-order valence-corrected chi connectivity index (χ1v) is 8.72. The molecule has 4 rings (SSSR count). The molecule has 28 heavy (non-hydrogen) atoms. The van der Waals surface area contributed by atoms with Gasteiger partial charge in [-0.3, -0.25) is 14.5 Å². The van der Waals surface area contributed by atoms with E-state index in [9.17, 15) is 9.59 Å². The molecule has 1 aliphatic rings. The minimum Gasteiger partial charge on any atom is -0.479 e. The zero-order valence-electron chi connectivity index (χ0n) is 15.4. The van der Waals surface area contributed by atoms with Gasteiger partial charge in [0.1, 0.15) is 12.3 Å². The Morgan fingerprint density at radius 2 is 2.04 bits per heavy atom. The van der Waals surface area contributed by atoms with Crippen LogP contribution in [0.25, 0.3) is 11.4 Å². The molecule has 0 spiro atoms. The molecule has 0 saturated carbocycles. The van der Waals surface area contributed by atoms with Crippen LogP contribution < -0.4 is 15.0 Å². The Balaban J connectivity index is 1.52. The number of fused-ring (bicyclic) bond motifs is 1. The Kier molecular flexibility index (Phi) is 4.48. The van der Waals surface area contributed by atoms with Gasteiger partial charge in [0, 0.05) is 18.3 Å². The van der Waals surface area contributed by atoms with Crippen LogP contribution in [0.3, 0.4) is 0 Å². The molecule has 9 heteroatoms. The fourth-order valence-corrected chi connectivity index (χ4v) is 3.08. The van der Waals surface area contributed by atoms with Gasteiger partial charge >= 0.3 is 0 Å². The zero-order chi connectivity index (χ0) is 19.7. The van der Waals surface area contributed by atoms with Crippen molar-refractivity contribution in [2.24, 2.45) is 7.05 Å². The van der Waals surface area contributed by atoms with Crippen molar-refractivity contribution < 1.29 is 14.3 Å². The van der Waals surface area contributed by atoms with E-state index < -0.39 is 6.10 Å². The zero-order valence-corrected chi connectivity index (χ0v) is 15.4. The molecule has 1 aliphatic heterocycles. The second-order valence-corrected chi connectivity index (χ2v) is 6.41. The van der Waals surface area contributed by atoms with Crippen molar-refractivity contribution in [2.75, 3.05) is 16.8 Å². The molecule has 142 valence electrons. The third kappa shape index (κ3) is 3.29. The number of carbonyl (C=O) groups excluding carboxylic acids is 2. The van der Waals surface area contributed by atoms with Gasteiger partial charge in [-0.15, -0.1) is 5.10 Å². The van der Waals surface area contributed by atoms with Gasteiger partial charge in [0.2, 0.25) is 5.91 Å². The first-order chi connectivity index (χ1) is 13.5. The summed E-state index contributed by atoms with van der Waals surface area (Å²) >= 11 is 0. The van der Waals surface area contributed by atoms with Crippen LogP contribution in [0.5, 0.6) is 5.75 Å². The van der Waals surface area contributed by atoms with Crippen molar-refractivity contribution in [3.05, 3.63) is 48.5 Å². The fourth-order valence-electron chi connectivity index (χ4n) is 3.08. The number of anilines is 2. The largest absolute Gasteiger partial charge is 0.479 e. The molecule has 1 N–H and O–H groups in total. The summed E-state index contributed by atoms with van der Waals surface area (Å²) in [7, 11) is 1.74. The number of tetrazole rings is 1. The first-order valence-electron chi connectivity index (χ1n) is 8.72. The van der Waals surface area contributed by atoms with Crippen molar-refractivity contribution >= 4 is 23.2 Å². The quantitative estimate of drug-likeness (QED) is 0.740. The van der Waals surface area contributed by atoms with Crippen molar-refractivity contribution in [1.29, 1.82) is 0 Å². The lowest BCUT2D eigenvalue weighted by Gasteiger charge is -2.32. The summed E-state index contributed by atoms with van der Waals surface area (Å²) in [4.78, 5) is 26.6. The van der Waals surface area contributed by atoms with E-state index in [-0.39, 0.29) is 18.4 Å². The van der Waals surface area contributed by atoms with E-state index in [4.69, 9.17) is 4.74 Å². The number of nitrogens with one attached hydrogen (secondary N) is 1. The normalized spacial score (nSPS) is 15.7. The molecule has 2 heterocycles. The van der Waals surface area contributed by atoms with Crippen LogP contribution in [0.2, 0.25) is 0 Å². The molecule has 9 nitrogen and oxygen atoms in total. The number of nitrogens with zero attached hydrogens (tertiary/aromatic N) is 5. The molecule has 0 aliphatic carbocycles. The monoisotopic (exact) mass is 378 g/mol. The maximum atomic E-state index is 12.6. The van der Waals surface area contributed by atoms with E-state index in [2.05, 4.69) is 20.8 Å². The minimum atomic E-state index is -0.644. The number of aryl methyl sites for hydroxylation is 1. The Morgan fingerprint density at radius 1 is 1.21 bits per heavy atom. The predicted molar refractivity (Wildman–Crippen MR) is 102 cm³/mol. The number of aromatic nitrogens is 4. The third-order valence-electron chi connectivity index (χ3n) is 4.40. The number of amides is 2. The Hall–Kier alpha value is -3.75. The van der Waals surface area contributed by atoms with Crippen LogP contribution in [0.1, 0.15) is 6.92 Å². The van der Waals surface area contributed by atoms with Gasteiger partial charge in [-0.1, -0.05) is 24.3 Å². The van der Waals surface area contributed by atoms with Gasteiger partial charge in [-0.05, 0) is 41.6 Å². The molecule has 0 radical (unpaired) electrons. The van der Waals surface area contributed by atoms with Crippen LogP contribution in [0.15, 0.2) is 48.5 Å². The lowest BCUT2D eigenvalue weighted by molar-refractivity contribution is -0.127. The van der Waals surface area contributed by atoms with Gasteiger partial charge in [0.05, 0.1) is 5.69 Å². The smallest absolute Gasteiger partial charge is 0.268 e. The van der Waals surface area contributed by atoms with E-state index in [1.807, 2.05) is 12.1 Å². The Bertz CT molecular complexity index is 1050. The summed E-state index contributed by atoms with van der Waals surface area (Å²) in [6.07, 6.45) is -0.644. The maximum absolute atomic E-state index is 12.6. The molecule has 0 fully saturated rings. The van der Waals surface area contributed by atoms with E-state index >= 15 is 0 Å². The van der Waals surface area contributed by atoms with Gasteiger partial charge in [-0.2, -0.15) is 0 Å². The van der Waals surface area contributed by atoms with Gasteiger partial charge in [0.25, 0.3) is 5.91 Å². The molecular formula is C19H18N6O3. The summed E-state index contributed by atoms with van der Waals surface area (Å²) < 4.78 is 7.15. The second-order valence-electron chi connectivity index (χ2n) is 6.41. The fraction of sp³-hybridized carbons (Fsp3) is 0.211. The van der Waals surface area contributed by atoms with Gasteiger partial charge in [-0.25, -0.2) is 4.68 Å². The molecule has 0 bridgehead atoms. The van der Waals surface area contributed by atoms with Crippen molar-refractivity contribution in [1.82, 2.24) is 20.2 Å². The van der Waals surface area contributed by atoms with Gasteiger partial charge in [0.15, 0.2) is 11.9 Å². The lowest BCUT2D eigenvalue weighted by atomic mass is 10.1. The summed E-state index contributed by atoms with van der Waals surface area (Å²) in [5.41, 5.74) is 1.94. The molecular weight excluding hydrogens is 360 g/mol. The lowest BCUT2D eigenvalue weighted by Crippen LogP contribution is -2.47. The van der Waals surface area contributed by atoms with Crippen LogP contribution in [0, 0.1) is 0 Å². The molecule has 1 atom stereocenters. The highest BCUT2D eigenvalue weighted by Crippen LogP contribution is 2.33. The number of hydrogen-bond acceptors (Lipinski definition) is 6. The highest BCUT2D eigenvalue weighted by molar-refractivity contribution is 6.06.